The third-order valence-electron chi connectivity index (χ3n) is 4.44. The Bertz CT molecular complexity index is 561. The molecule has 2 atom stereocenters. The van der Waals surface area contributed by atoms with Crippen LogP contribution >= 0.6 is 0 Å². The molecule has 0 spiro atoms. The van der Waals surface area contributed by atoms with Gasteiger partial charge in [0.05, 0.1) is 11.7 Å². The fourth-order valence-corrected chi connectivity index (χ4v) is 3.43. The van der Waals surface area contributed by atoms with Crippen LogP contribution in [0.5, 0.6) is 5.75 Å². The van der Waals surface area contributed by atoms with Gasteiger partial charge in [0.1, 0.15) is 5.75 Å². The molecule has 1 heterocycles. The zero-order valence-electron chi connectivity index (χ0n) is 11.7. The minimum atomic E-state index is -4.38. The van der Waals surface area contributed by atoms with Gasteiger partial charge in [-0.05, 0) is 42.9 Å². The highest BCUT2D eigenvalue weighted by Crippen LogP contribution is 2.40. The largest absolute Gasteiger partial charge is 0.490 e. The number of fused-ring (bicyclic) bond motifs is 1. The number of amides is 1. The first kappa shape index (κ1) is 15.0. The third-order valence-corrected chi connectivity index (χ3v) is 4.44. The average Bonchev–Trinajstić information content (AvgIpc) is 2.96. The van der Waals surface area contributed by atoms with Crippen LogP contribution in [0.25, 0.3) is 0 Å². The lowest BCUT2D eigenvalue weighted by molar-refractivity contribution is -0.137. The first-order chi connectivity index (χ1) is 10.3. The molecular formula is C15H16F3NO3. The SMILES string of the molecule is O=C(O)N1CC2CC(Oc3cccc(C(F)(F)F)c3)CC2C1. The van der Waals surface area contributed by atoms with Crippen molar-refractivity contribution in [1.82, 2.24) is 4.90 Å². The van der Waals surface area contributed by atoms with E-state index < -0.39 is 17.8 Å². The number of carbonyl (C=O) groups is 1. The molecule has 1 aliphatic heterocycles. The monoisotopic (exact) mass is 315 g/mol. The number of benzene rings is 1. The van der Waals surface area contributed by atoms with E-state index in [9.17, 15) is 18.0 Å². The summed E-state index contributed by atoms with van der Waals surface area (Å²) in [5.41, 5.74) is -0.722. The number of ether oxygens (including phenoxy) is 1. The van der Waals surface area contributed by atoms with E-state index in [0.717, 1.165) is 12.1 Å². The van der Waals surface area contributed by atoms with Crippen molar-refractivity contribution in [3.05, 3.63) is 29.8 Å². The van der Waals surface area contributed by atoms with Crippen molar-refractivity contribution in [2.24, 2.45) is 11.8 Å². The van der Waals surface area contributed by atoms with Gasteiger partial charge in [-0.25, -0.2) is 4.79 Å². The fraction of sp³-hybridized carbons (Fsp3) is 0.533. The number of hydrogen-bond acceptors (Lipinski definition) is 2. The number of rotatable bonds is 2. The topological polar surface area (TPSA) is 49.8 Å². The van der Waals surface area contributed by atoms with Crippen LogP contribution in [0.4, 0.5) is 18.0 Å². The number of alkyl halides is 3. The molecule has 1 aromatic carbocycles. The molecule has 2 fully saturated rings. The van der Waals surface area contributed by atoms with Crippen molar-refractivity contribution >= 4 is 6.09 Å². The summed E-state index contributed by atoms with van der Waals surface area (Å²) < 4.78 is 43.7. The van der Waals surface area contributed by atoms with E-state index in [-0.39, 0.29) is 23.7 Å². The fourth-order valence-electron chi connectivity index (χ4n) is 3.43. The van der Waals surface area contributed by atoms with E-state index in [0.29, 0.717) is 25.9 Å². The summed E-state index contributed by atoms with van der Waals surface area (Å²) in [4.78, 5) is 12.3. The standard InChI is InChI=1S/C15H16F3NO3/c16-15(17,18)11-2-1-3-12(6-11)22-13-4-9-7-19(14(20)21)8-10(9)5-13/h1-3,6,9-10,13H,4-5,7-8H2,(H,20,21). The van der Waals surface area contributed by atoms with Crippen LogP contribution in [0.1, 0.15) is 18.4 Å². The van der Waals surface area contributed by atoms with Crippen molar-refractivity contribution in [3.63, 3.8) is 0 Å². The summed E-state index contributed by atoms with van der Waals surface area (Å²) in [7, 11) is 0. The molecule has 2 aliphatic rings. The highest BCUT2D eigenvalue weighted by molar-refractivity contribution is 5.65. The molecule has 0 radical (unpaired) electrons. The summed E-state index contributed by atoms with van der Waals surface area (Å²) in [6.07, 6.45) is -4.07. The lowest BCUT2D eigenvalue weighted by atomic mass is 10.0. The van der Waals surface area contributed by atoms with E-state index >= 15 is 0 Å². The minimum absolute atomic E-state index is 0.144. The van der Waals surface area contributed by atoms with Crippen LogP contribution in [0, 0.1) is 11.8 Å². The molecule has 120 valence electrons. The summed E-state index contributed by atoms with van der Waals surface area (Å²) >= 11 is 0. The zero-order chi connectivity index (χ0) is 15.9. The Labute approximate surface area is 125 Å². The van der Waals surface area contributed by atoms with Gasteiger partial charge < -0.3 is 14.7 Å². The Morgan fingerprint density at radius 1 is 1.23 bits per heavy atom. The average molecular weight is 315 g/mol. The van der Waals surface area contributed by atoms with Gasteiger partial charge >= 0.3 is 12.3 Å². The second kappa shape index (κ2) is 5.37. The molecule has 2 unspecified atom stereocenters. The van der Waals surface area contributed by atoms with Crippen molar-refractivity contribution in [3.8, 4) is 5.75 Å². The zero-order valence-corrected chi connectivity index (χ0v) is 11.7. The quantitative estimate of drug-likeness (QED) is 0.909. The van der Waals surface area contributed by atoms with Gasteiger partial charge in [-0.3, -0.25) is 0 Å². The van der Waals surface area contributed by atoms with E-state index in [1.165, 1.54) is 17.0 Å². The number of nitrogens with zero attached hydrogens (tertiary/aromatic N) is 1. The molecule has 1 saturated carbocycles. The van der Waals surface area contributed by atoms with Gasteiger partial charge in [0, 0.05) is 13.1 Å². The molecule has 1 amide bonds. The Kier molecular flexibility index (Phi) is 3.66. The van der Waals surface area contributed by atoms with E-state index in [2.05, 4.69) is 0 Å². The predicted molar refractivity (Wildman–Crippen MR) is 71.7 cm³/mol. The molecule has 4 nitrogen and oxygen atoms in total. The van der Waals surface area contributed by atoms with Gasteiger partial charge in [-0.15, -0.1) is 0 Å². The van der Waals surface area contributed by atoms with E-state index in [1.54, 1.807) is 0 Å². The smallest absolute Gasteiger partial charge is 0.416 e. The Balaban J connectivity index is 1.62. The first-order valence-electron chi connectivity index (χ1n) is 7.14. The Hall–Kier alpha value is -1.92. The molecule has 0 aromatic heterocycles. The number of halogens is 3. The first-order valence-corrected chi connectivity index (χ1v) is 7.14. The third kappa shape index (κ3) is 2.98. The normalized spacial score (nSPS) is 27.8. The second-order valence-electron chi connectivity index (χ2n) is 5.94. The van der Waals surface area contributed by atoms with Crippen LogP contribution in [-0.4, -0.2) is 35.3 Å². The van der Waals surface area contributed by atoms with Crippen LogP contribution in [0.15, 0.2) is 24.3 Å². The molecule has 22 heavy (non-hydrogen) atoms. The summed E-state index contributed by atoms with van der Waals surface area (Å²) in [6, 6.07) is 4.88. The van der Waals surface area contributed by atoms with Crippen LogP contribution < -0.4 is 4.74 Å². The predicted octanol–water partition coefficient (Wildman–Crippen LogP) is 3.47. The molecule has 0 bridgehead atoms. The van der Waals surface area contributed by atoms with Gasteiger partial charge in [0.15, 0.2) is 0 Å². The Morgan fingerprint density at radius 3 is 2.41 bits per heavy atom. The summed E-state index contributed by atoms with van der Waals surface area (Å²) in [6.45, 7) is 0.977. The van der Waals surface area contributed by atoms with E-state index in [4.69, 9.17) is 9.84 Å². The van der Waals surface area contributed by atoms with Crippen molar-refractivity contribution in [2.75, 3.05) is 13.1 Å². The van der Waals surface area contributed by atoms with Gasteiger partial charge in [-0.1, -0.05) is 6.07 Å². The number of carboxylic acid groups (broad SMARTS) is 1. The molecule has 1 N–H and O–H groups in total. The highest BCUT2D eigenvalue weighted by atomic mass is 19.4. The van der Waals surface area contributed by atoms with Crippen LogP contribution in [0.3, 0.4) is 0 Å². The molecule has 7 heteroatoms. The maximum absolute atomic E-state index is 12.7. The minimum Gasteiger partial charge on any atom is -0.490 e. The van der Waals surface area contributed by atoms with Crippen LogP contribution in [-0.2, 0) is 6.18 Å². The molecule has 1 aromatic rings. The van der Waals surface area contributed by atoms with Gasteiger partial charge in [-0.2, -0.15) is 13.2 Å². The molecule has 1 saturated heterocycles. The molecular weight excluding hydrogens is 299 g/mol. The summed E-state index contributed by atoms with van der Waals surface area (Å²) in [5.74, 6) is 0.702. The number of likely N-dealkylation sites (tertiary alicyclic amines) is 1. The van der Waals surface area contributed by atoms with Crippen molar-refractivity contribution in [1.29, 1.82) is 0 Å². The lowest BCUT2D eigenvalue weighted by Gasteiger charge is -2.18. The molecule has 1 aliphatic carbocycles. The molecule has 3 rings (SSSR count). The van der Waals surface area contributed by atoms with Crippen molar-refractivity contribution < 1.29 is 27.8 Å². The van der Waals surface area contributed by atoms with E-state index in [1.807, 2.05) is 0 Å². The maximum Gasteiger partial charge on any atom is 0.416 e. The Morgan fingerprint density at radius 2 is 1.86 bits per heavy atom. The lowest BCUT2D eigenvalue weighted by Crippen LogP contribution is -2.29. The second-order valence-corrected chi connectivity index (χ2v) is 5.94. The summed E-state index contributed by atoms with van der Waals surface area (Å²) in [5, 5.41) is 8.96. The van der Waals surface area contributed by atoms with Gasteiger partial charge in [0.2, 0.25) is 0 Å². The maximum atomic E-state index is 12.7. The van der Waals surface area contributed by atoms with Crippen molar-refractivity contribution in [2.45, 2.75) is 25.1 Å². The van der Waals surface area contributed by atoms with Crippen LogP contribution in [0.2, 0.25) is 0 Å². The number of hydrogen-bond donors (Lipinski definition) is 1. The highest BCUT2D eigenvalue weighted by Gasteiger charge is 2.43. The van der Waals surface area contributed by atoms with Gasteiger partial charge in [0.25, 0.3) is 0 Å².